The van der Waals surface area contributed by atoms with Crippen molar-refractivity contribution in [1.82, 2.24) is 9.55 Å². The molecule has 0 radical (unpaired) electrons. The highest BCUT2D eigenvalue weighted by Gasteiger charge is 2.59. The van der Waals surface area contributed by atoms with Gasteiger partial charge in [-0.1, -0.05) is 11.8 Å². The van der Waals surface area contributed by atoms with E-state index in [9.17, 15) is 42.9 Å². The molecule has 0 spiro atoms. The lowest BCUT2D eigenvalue weighted by Gasteiger charge is -2.28. The number of aliphatic hydroxyl groups is 2. The lowest BCUT2D eigenvalue weighted by molar-refractivity contribution is -0.0877. The van der Waals surface area contributed by atoms with Crippen molar-refractivity contribution in [2.24, 2.45) is 0 Å². The number of anilines is 1. The van der Waals surface area contributed by atoms with Gasteiger partial charge in [0.05, 0.1) is 6.10 Å². The largest absolute Gasteiger partial charge is 0.490 e. The standard InChI is InChI=1S/C14H21FN3O14P3/c1-7-6-9(16)17-13(20)18(7)12-14(21,4-3-5-15)11(19)10(29-12)8(2)30-34(25,26)32-35(27,28)31-33(22,23)24/h6,8,10-12,19,21H,5H2,1-2H3,(H,25,26)(H,27,28)(H2,16,17,20)(H2,22,23,24)/t8-,10+,11-,12+,14?/m0/s1. The summed E-state index contributed by atoms with van der Waals surface area (Å²) in [6.07, 6.45) is -7.67. The molecule has 198 valence electrons. The van der Waals surface area contributed by atoms with Crippen LogP contribution in [0.5, 0.6) is 0 Å². The van der Waals surface area contributed by atoms with E-state index in [2.05, 4.69) is 18.1 Å². The molecule has 1 aliphatic rings. The number of nitrogen functional groups attached to an aromatic ring is 1. The van der Waals surface area contributed by atoms with Gasteiger partial charge in [-0.25, -0.2) is 22.9 Å². The van der Waals surface area contributed by atoms with Gasteiger partial charge in [-0.05, 0) is 19.9 Å². The Balaban J connectivity index is 2.39. The molecule has 1 saturated heterocycles. The maximum absolute atomic E-state index is 12.7. The van der Waals surface area contributed by atoms with Crippen LogP contribution in [-0.4, -0.2) is 69.9 Å². The third-order valence-corrected chi connectivity index (χ3v) is 8.29. The monoisotopic (exact) mass is 567 g/mol. The van der Waals surface area contributed by atoms with Gasteiger partial charge < -0.3 is 40.3 Å². The van der Waals surface area contributed by atoms with Crippen molar-refractivity contribution >= 4 is 29.3 Å². The highest BCUT2D eigenvalue weighted by molar-refractivity contribution is 7.66. The summed E-state index contributed by atoms with van der Waals surface area (Å²) in [6.45, 7) is 1.02. The molecule has 35 heavy (non-hydrogen) atoms. The molecule has 1 fully saturated rings. The quantitative estimate of drug-likeness (QED) is 0.144. The number of rotatable bonds is 8. The maximum Gasteiger partial charge on any atom is 0.490 e. The van der Waals surface area contributed by atoms with Crippen LogP contribution in [0.1, 0.15) is 18.8 Å². The van der Waals surface area contributed by atoms with Gasteiger partial charge in [-0.3, -0.25) is 9.09 Å². The van der Waals surface area contributed by atoms with Crippen molar-refractivity contribution in [2.75, 3.05) is 12.4 Å². The van der Waals surface area contributed by atoms with E-state index in [0.717, 1.165) is 6.92 Å². The zero-order chi connectivity index (χ0) is 27.0. The molecular weight excluding hydrogens is 546 g/mol. The Morgan fingerprint density at radius 1 is 1.29 bits per heavy atom. The van der Waals surface area contributed by atoms with Gasteiger partial charge in [0.1, 0.15) is 24.7 Å². The van der Waals surface area contributed by atoms with Gasteiger partial charge in [0.2, 0.25) is 0 Å². The summed E-state index contributed by atoms with van der Waals surface area (Å²) in [7, 11) is -17.1. The van der Waals surface area contributed by atoms with Crippen LogP contribution in [0.25, 0.3) is 0 Å². The summed E-state index contributed by atoms with van der Waals surface area (Å²) in [5.41, 5.74) is 1.76. The molecule has 1 aromatic heterocycles. The number of alkyl halides is 1. The normalized spacial score (nSPS) is 29.0. The third kappa shape index (κ3) is 7.25. The molecule has 17 nitrogen and oxygen atoms in total. The molecule has 21 heteroatoms. The SMILES string of the molecule is Cc1cc(N)nc(=O)n1[C@@H]1O[C@H]([C@H](C)OP(=O)(O)OP(=O)(O)OP(=O)(O)O)[C@H](O)C1(O)C#CCF. The zero-order valence-electron chi connectivity index (χ0n) is 17.7. The lowest BCUT2D eigenvalue weighted by atomic mass is 9.92. The van der Waals surface area contributed by atoms with Crippen molar-refractivity contribution in [3.63, 3.8) is 0 Å². The van der Waals surface area contributed by atoms with E-state index in [1.807, 2.05) is 11.8 Å². The van der Waals surface area contributed by atoms with Gasteiger partial charge in [0.15, 0.2) is 11.8 Å². The minimum Gasteiger partial charge on any atom is -0.386 e. The Morgan fingerprint density at radius 2 is 1.89 bits per heavy atom. The maximum atomic E-state index is 12.7. The van der Waals surface area contributed by atoms with Crippen molar-refractivity contribution in [3.8, 4) is 11.8 Å². The first kappa shape index (κ1) is 29.7. The van der Waals surface area contributed by atoms with Gasteiger partial charge in [0, 0.05) is 5.69 Å². The Kier molecular flexibility index (Phi) is 8.86. The summed E-state index contributed by atoms with van der Waals surface area (Å²) >= 11 is 0. The van der Waals surface area contributed by atoms with Crippen LogP contribution in [0, 0.1) is 18.8 Å². The number of aromatic nitrogens is 2. The fourth-order valence-corrected chi connectivity index (χ4v) is 6.34. The topological polar surface area (TPSA) is 270 Å². The Morgan fingerprint density at radius 3 is 2.40 bits per heavy atom. The van der Waals surface area contributed by atoms with Crippen LogP contribution in [-0.2, 0) is 31.6 Å². The number of hydrogen-bond donors (Lipinski definition) is 7. The molecule has 0 saturated carbocycles. The summed E-state index contributed by atoms with van der Waals surface area (Å²) in [5, 5.41) is 21.7. The number of phosphoric ester groups is 1. The fraction of sp³-hybridized carbons (Fsp3) is 0.571. The summed E-state index contributed by atoms with van der Waals surface area (Å²) in [4.78, 5) is 52.0. The summed E-state index contributed by atoms with van der Waals surface area (Å²) in [6, 6.07) is 1.20. The summed E-state index contributed by atoms with van der Waals surface area (Å²) < 4.78 is 65.0. The molecule has 2 heterocycles. The van der Waals surface area contributed by atoms with Crippen LogP contribution in [0.4, 0.5) is 10.2 Å². The first-order valence-electron chi connectivity index (χ1n) is 9.11. The van der Waals surface area contributed by atoms with Crippen molar-refractivity contribution in [2.45, 2.75) is 44.0 Å². The molecular formula is C14H21FN3O14P3. The molecule has 1 aromatic rings. The highest BCUT2D eigenvalue weighted by atomic mass is 31.3. The number of aryl methyl sites for hydroxylation is 1. The second kappa shape index (κ2) is 10.4. The van der Waals surface area contributed by atoms with E-state index in [4.69, 9.17) is 20.3 Å². The zero-order valence-corrected chi connectivity index (χ0v) is 20.4. The molecule has 8 N–H and O–H groups in total. The van der Waals surface area contributed by atoms with Crippen molar-refractivity contribution in [3.05, 3.63) is 22.2 Å². The van der Waals surface area contributed by atoms with Crippen LogP contribution >= 0.6 is 23.5 Å². The smallest absolute Gasteiger partial charge is 0.386 e. The Hall–Kier alpha value is -1.54. The second-order valence-corrected chi connectivity index (χ2v) is 11.4. The predicted octanol–water partition coefficient (Wildman–Crippen LogP) is -1.17. The average Bonchev–Trinajstić information content (AvgIpc) is 2.88. The Labute approximate surface area is 195 Å². The molecule has 0 aromatic carbocycles. The first-order chi connectivity index (χ1) is 15.8. The summed E-state index contributed by atoms with van der Waals surface area (Å²) in [5.74, 6) is 3.69. The minimum atomic E-state index is -5.84. The Bertz CT molecular complexity index is 1230. The number of hydrogen-bond acceptors (Lipinski definition) is 12. The van der Waals surface area contributed by atoms with Crippen molar-refractivity contribution < 1.29 is 65.8 Å². The molecule has 2 rings (SSSR count). The molecule has 1 aliphatic heterocycles. The van der Waals surface area contributed by atoms with Crippen LogP contribution in [0.3, 0.4) is 0 Å². The lowest BCUT2D eigenvalue weighted by Crippen LogP contribution is -2.49. The number of halogens is 1. The van der Waals surface area contributed by atoms with Crippen molar-refractivity contribution in [1.29, 1.82) is 0 Å². The molecule has 3 unspecified atom stereocenters. The van der Waals surface area contributed by atoms with Crippen LogP contribution in [0.2, 0.25) is 0 Å². The van der Waals surface area contributed by atoms with E-state index in [1.54, 1.807) is 0 Å². The molecule has 7 atom stereocenters. The molecule has 0 bridgehead atoms. The number of ether oxygens (including phenoxy) is 1. The van der Waals surface area contributed by atoms with E-state index in [0.29, 0.717) is 4.57 Å². The first-order valence-corrected chi connectivity index (χ1v) is 13.6. The minimum absolute atomic E-state index is 0.0568. The van der Waals surface area contributed by atoms with Gasteiger partial charge in [-0.15, -0.1) is 0 Å². The van der Waals surface area contributed by atoms with E-state index >= 15 is 0 Å². The van der Waals surface area contributed by atoms with E-state index in [-0.39, 0.29) is 11.5 Å². The predicted molar refractivity (Wildman–Crippen MR) is 111 cm³/mol. The third-order valence-electron chi connectivity index (χ3n) is 4.36. The van der Waals surface area contributed by atoms with E-state index < -0.39 is 66.0 Å². The second-order valence-electron chi connectivity index (χ2n) is 7.04. The average molecular weight is 567 g/mol. The number of aliphatic hydroxyl groups excluding tert-OH is 1. The van der Waals surface area contributed by atoms with Gasteiger partial charge >= 0.3 is 29.2 Å². The van der Waals surface area contributed by atoms with Gasteiger partial charge in [0.25, 0.3) is 0 Å². The molecule has 0 aliphatic carbocycles. The van der Waals surface area contributed by atoms with Crippen LogP contribution in [0.15, 0.2) is 10.9 Å². The number of nitrogens with zero attached hydrogens (tertiary/aromatic N) is 2. The number of phosphoric acid groups is 3. The van der Waals surface area contributed by atoms with E-state index in [1.165, 1.54) is 13.0 Å². The molecule has 0 amide bonds. The van der Waals surface area contributed by atoms with Gasteiger partial charge in [-0.2, -0.15) is 13.6 Å². The highest BCUT2D eigenvalue weighted by Crippen LogP contribution is 2.66. The number of nitrogens with two attached hydrogens (primary N) is 1. The van der Waals surface area contributed by atoms with Crippen LogP contribution < -0.4 is 11.4 Å². The fourth-order valence-electron chi connectivity index (χ4n) is 3.14.